The van der Waals surface area contributed by atoms with Crippen molar-refractivity contribution in [1.82, 2.24) is 15.2 Å². The van der Waals surface area contributed by atoms with Crippen LogP contribution in [-0.4, -0.2) is 28.9 Å². The van der Waals surface area contributed by atoms with Crippen LogP contribution in [0.3, 0.4) is 0 Å². The molecule has 0 bridgehead atoms. The topological polar surface area (TPSA) is 45.2 Å². The van der Waals surface area contributed by atoms with Crippen molar-refractivity contribution in [1.29, 1.82) is 0 Å². The van der Waals surface area contributed by atoms with Gasteiger partial charge in [0.25, 0.3) is 0 Å². The van der Waals surface area contributed by atoms with Gasteiger partial charge in [0.2, 0.25) is 5.91 Å². The summed E-state index contributed by atoms with van der Waals surface area (Å²) in [6.45, 7) is 0.905. The van der Waals surface area contributed by atoms with E-state index < -0.39 is 28.9 Å². The highest BCUT2D eigenvalue weighted by atomic mass is 32.1. The third kappa shape index (κ3) is 6.68. The fourth-order valence-corrected chi connectivity index (χ4v) is 6.16. The van der Waals surface area contributed by atoms with Crippen LogP contribution in [0.1, 0.15) is 54.4 Å². The van der Waals surface area contributed by atoms with Crippen LogP contribution in [0.5, 0.6) is 0 Å². The second-order valence-corrected chi connectivity index (χ2v) is 11.7. The van der Waals surface area contributed by atoms with Gasteiger partial charge in [-0.15, -0.1) is 11.3 Å². The minimum atomic E-state index is -4.96. The molecule has 2 aliphatic rings. The Labute approximate surface area is 232 Å². The number of benzene rings is 1. The zero-order valence-electron chi connectivity index (χ0n) is 21.6. The Morgan fingerprint density at radius 2 is 1.60 bits per heavy atom. The fourth-order valence-electron chi connectivity index (χ4n) is 5.46. The first-order valence-electron chi connectivity index (χ1n) is 13.2. The SMILES string of the molecule is O=C(N(Cc1ccc(-c2cccs2)nc1)Cc1cc(C(F)(F)F)cc(C(F)(F)F)c1)C1(CC2CC2)CCNCC1. The van der Waals surface area contributed by atoms with E-state index in [1.165, 1.54) is 16.2 Å². The Hall–Kier alpha value is -2.92. The Morgan fingerprint density at radius 1 is 0.950 bits per heavy atom. The molecule has 0 unspecified atom stereocenters. The van der Waals surface area contributed by atoms with Crippen molar-refractivity contribution in [2.24, 2.45) is 11.3 Å². The smallest absolute Gasteiger partial charge is 0.334 e. The number of halogens is 6. The lowest BCUT2D eigenvalue weighted by atomic mass is 9.73. The largest absolute Gasteiger partial charge is 0.416 e. The lowest BCUT2D eigenvalue weighted by Crippen LogP contribution is -2.49. The highest BCUT2D eigenvalue weighted by molar-refractivity contribution is 7.13. The molecular weight excluding hydrogens is 552 g/mol. The summed E-state index contributed by atoms with van der Waals surface area (Å²) in [5.74, 6) is 0.190. The molecule has 0 spiro atoms. The molecule has 3 aromatic rings. The fraction of sp³-hybridized carbons (Fsp3) is 0.448. The van der Waals surface area contributed by atoms with E-state index in [0.717, 1.165) is 23.4 Å². The number of nitrogens with zero attached hydrogens (tertiary/aromatic N) is 2. The normalized spacial score (nSPS) is 17.6. The number of carbonyl (C=O) groups excluding carboxylic acids is 1. The first-order chi connectivity index (χ1) is 18.9. The second kappa shape index (κ2) is 11.2. The molecule has 40 heavy (non-hydrogen) atoms. The number of nitrogens with one attached hydrogen (secondary N) is 1. The first-order valence-corrected chi connectivity index (χ1v) is 14.1. The highest BCUT2D eigenvalue weighted by Crippen LogP contribution is 2.46. The summed E-state index contributed by atoms with van der Waals surface area (Å²) in [6.07, 6.45) is -4.44. The van der Waals surface area contributed by atoms with Gasteiger partial charge in [-0.25, -0.2) is 0 Å². The summed E-state index contributed by atoms with van der Waals surface area (Å²) in [5.41, 5.74) is -2.30. The van der Waals surface area contributed by atoms with Gasteiger partial charge < -0.3 is 10.2 Å². The van der Waals surface area contributed by atoms with Crippen molar-refractivity contribution in [3.05, 3.63) is 76.3 Å². The number of carbonyl (C=O) groups is 1. The number of alkyl halides is 6. The zero-order valence-corrected chi connectivity index (χ0v) is 22.4. The summed E-state index contributed by atoms with van der Waals surface area (Å²) >= 11 is 1.52. The summed E-state index contributed by atoms with van der Waals surface area (Å²) in [4.78, 5) is 21.1. The summed E-state index contributed by atoms with van der Waals surface area (Å²) in [5, 5.41) is 5.19. The monoisotopic (exact) mass is 581 g/mol. The molecule has 3 heterocycles. The van der Waals surface area contributed by atoms with Gasteiger partial charge in [-0.05, 0) is 85.1 Å². The van der Waals surface area contributed by atoms with Gasteiger partial charge in [-0.1, -0.05) is 25.0 Å². The number of piperidine rings is 1. The van der Waals surface area contributed by atoms with Crippen LogP contribution in [0.25, 0.3) is 10.6 Å². The first kappa shape index (κ1) is 28.6. The third-order valence-corrected chi connectivity index (χ3v) is 8.56. The average Bonchev–Trinajstić information content (AvgIpc) is 3.54. The van der Waals surface area contributed by atoms with Gasteiger partial charge in [0.05, 0.1) is 27.1 Å². The minimum Gasteiger partial charge on any atom is -0.334 e. The van der Waals surface area contributed by atoms with Crippen molar-refractivity contribution in [3.63, 3.8) is 0 Å². The van der Waals surface area contributed by atoms with E-state index in [4.69, 9.17) is 0 Å². The number of pyridine rings is 1. The molecule has 0 radical (unpaired) electrons. The van der Waals surface area contributed by atoms with Crippen molar-refractivity contribution < 1.29 is 31.1 Å². The molecule has 1 amide bonds. The van der Waals surface area contributed by atoms with Gasteiger partial charge in [0.1, 0.15) is 0 Å². The summed E-state index contributed by atoms with van der Waals surface area (Å²) in [7, 11) is 0. The number of aromatic nitrogens is 1. The average molecular weight is 582 g/mol. The van der Waals surface area contributed by atoms with E-state index in [0.29, 0.717) is 56.0 Å². The molecule has 4 nitrogen and oxygen atoms in total. The summed E-state index contributed by atoms with van der Waals surface area (Å²) < 4.78 is 81.4. The van der Waals surface area contributed by atoms with Crippen molar-refractivity contribution in [2.45, 2.75) is 57.5 Å². The number of hydrogen-bond donors (Lipinski definition) is 1. The maximum Gasteiger partial charge on any atom is 0.416 e. The molecule has 1 saturated heterocycles. The molecule has 1 N–H and O–H groups in total. The summed E-state index contributed by atoms with van der Waals surface area (Å²) in [6, 6.07) is 8.97. The molecule has 2 fully saturated rings. The predicted molar refractivity (Wildman–Crippen MR) is 140 cm³/mol. The van der Waals surface area contributed by atoms with Crippen LogP contribution in [-0.2, 0) is 30.2 Å². The van der Waals surface area contributed by atoms with E-state index in [2.05, 4.69) is 10.3 Å². The molecule has 214 valence electrons. The Bertz CT molecular complexity index is 1280. The Balaban J connectivity index is 1.50. The number of thiophene rings is 1. The van der Waals surface area contributed by atoms with E-state index in [1.807, 2.05) is 17.5 Å². The lowest BCUT2D eigenvalue weighted by Gasteiger charge is -2.40. The molecule has 11 heteroatoms. The molecule has 1 aromatic carbocycles. The van der Waals surface area contributed by atoms with Crippen molar-refractivity contribution >= 4 is 17.2 Å². The molecule has 1 aliphatic carbocycles. The van der Waals surface area contributed by atoms with E-state index in [9.17, 15) is 31.1 Å². The Kier molecular flexibility index (Phi) is 7.98. The van der Waals surface area contributed by atoms with E-state index >= 15 is 0 Å². The van der Waals surface area contributed by atoms with Crippen LogP contribution < -0.4 is 5.32 Å². The molecule has 5 rings (SSSR count). The third-order valence-electron chi connectivity index (χ3n) is 7.67. The van der Waals surface area contributed by atoms with Gasteiger partial charge in [-0.2, -0.15) is 26.3 Å². The zero-order chi connectivity index (χ0) is 28.5. The predicted octanol–water partition coefficient (Wildman–Crippen LogP) is 7.55. The van der Waals surface area contributed by atoms with E-state index in [-0.39, 0.29) is 30.6 Å². The molecule has 1 aliphatic heterocycles. The van der Waals surface area contributed by atoms with Gasteiger partial charge >= 0.3 is 12.4 Å². The van der Waals surface area contributed by atoms with Crippen LogP contribution >= 0.6 is 11.3 Å². The molecule has 2 aromatic heterocycles. The van der Waals surface area contributed by atoms with Crippen LogP contribution in [0, 0.1) is 11.3 Å². The highest BCUT2D eigenvalue weighted by Gasteiger charge is 2.46. The van der Waals surface area contributed by atoms with Crippen LogP contribution in [0.15, 0.2) is 54.0 Å². The maximum atomic E-state index is 14.2. The van der Waals surface area contributed by atoms with Crippen molar-refractivity contribution in [3.8, 4) is 10.6 Å². The van der Waals surface area contributed by atoms with Crippen LogP contribution in [0.4, 0.5) is 26.3 Å². The Morgan fingerprint density at radius 3 is 2.12 bits per heavy atom. The molecular formula is C29H29F6N3OS. The van der Waals surface area contributed by atoms with Crippen molar-refractivity contribution in [2.75, 3.05) is 13.1 Å². The van der Waals surface area contributed by atoms with Gasteiger partial charge in [0.15, 0.2) is 0 Å². The number of amides is 1. The standard InChI is InChI=1S/C29H29F6N3OS/c30-28(31,32)22-12-21(13-23(14-22)29(33,34)35)18-38(17-20-5-6-24(37-16-20)25-2-1-11-40-25)26(39)27(15-19-3-4-19)7-9-36-10-8-27/h1-2,5-6,11-14,16,19,36H,3-4,7-10,15,17-18H2. The second-order valence-electron chi connectivity index (χ2n) is 10.8. The minimum absolute atomic E-state index is 0.0218. The number of rotatable bonds is 8. The molecule has 1 saturated carbocycles. The maximum absolute atomic E-state index is 14.2. The van der Waals surface area contributed by atoms with E-state index in [1.54, 1.807) is 18.3 Å². The quantitative estimate of drug-likeness (QED) is 0.280. The van der Waals surface area contributed by atoms with Gasteiger partial charge in [-0.3, -0.25) is 9.78 Å². The molecule has 0 atom stereocenters. The van der Waals surface area contributed by atoms with Gasteiger partial charge in [0, 0.05) is 19.3 Å². The number of hydrogen-bond acceptors (Lipinski definition) is 4. The van der Waals surface area contributed by atoms with Crippen LogP contribution in [0.2, 0.25) is 0 Å². The lowest BCUT2D eigenvalue weighted by molar-refractivity contribution is -0.146.